The highest BCUT2D eigenvalue weighted by atomic mass is 16.5. The highest BCUT2D eigenvalue weighted by molar-refractivity contribution is 5.64. The molecule has 3 aromatic rings. The number of phenols is 1. The summed E-state index contributed by atoms with van der Waals surface area (Å²) in [5.74, 6) is 1.17. The van der Waals surface area contributed by atoms with Crippen molar-refractivity contribution in [2.45, 2.75) is 13.0 Å². The van der Waals surface area contributed by atoms with Gasteiger partial charge >= 0.3 is 0 Å². The van der Waals surface area contributed by atoms with E-state index < -0.39 is 0 Å². The summed E-state index contributed by atoms with van der Waals surface area (Å²) in [6, 6.07) is 13.4. The number of ether oxygens (including phenoxy) is 1. The average molecular weight is 350 g/mol. The highest BCUT2D eigenvalue weighted by Gasteiger charge is 2.10. The second-order valence-electron chi connectivity index (χ2n) is 5.92. The Bertz CT molecular complexity index is 898. The van der Waals surface area contributed by atoms with E-state index in [1.807, 2.05) is 19.2 Å². The summed E-state index contributed by atoms with van der Waals surface area (Å²) in [5, 5.41) is 16.3. The lowest BCUT2D eigenvalue weighted by molar-refractivity contribution is 0.373. The molecule has 3 rings (SSSR count). The van der Waals surface area contributed by atoms with Gasteiger partial charge in [-0.1, -0.05) is 12.1 Å². The molecule has 1 atom stereocenters. The van der Waals surface area contributed by atoms with Gasteiger partial charge in [0.2, 0.25) is 0 Å². The summed E-state index contributed by atoms with van der Waals surface area (Å²) in [6.07, 6.45) is 3.38. The minimum atomic E-state index is 0.0715. The molecule has 2 aromatic carbocycles. The van der Waals surface area contributed by atoms with Gasteiger partial charge < -0.3 is 20.5 Å². The summed E-state index contributed by atoms with van der Waals surface area (Å²) >= 11 is 0. The van der Waals surface area contributed by atoms with Crippen LogP contribution >= 0.6 is 0 Å². The number of nitrogens with one attached hydrogen (secondary N) is 2. The van der Waals surface area contributed by atoms with Crippen molar-refractivity contribution in [1.29, 1.82) is 0 Å². The van der Waals surface area contributed by atoms with Crippen LogP contribution in [0.15, 0.2) is 54.9 Å². The van der Waals surface area contributed by atoms with Crippen LogP contribution in [-0.4, -0.2) is 29.2 Å². The largest absolute Gasteiger partial charge is 0.504 e. The van der Waals surface area contributed by atoms with Gasteiger partial charge in [-0.15, -0.1) is 0 Å². The Morgan fingerprint density at radius 3 is 2.73 bits per heavy atom. The third-order valence-electron chi connectivity index (χ3n) is 4.15. The molecule has 0 bridgehead atoms. The first kappa shape index (κ1) is 17.5. The fourth-order valence-electron chi connectivity index (χ4n) is 2.68. The zero-order valence-electron chi connectivity index (χ0n) is 15.0. The molecular formula is C20H22N4O2. The van der Waals surface area contributed by atoms with Crippen LogP contribution in [0.25, 0.3) is 11.3 Å². The lowest BCUT2D eigenvalue weighted by atomic mass is 10.1. The van der Waals surface area contributed by atoms with Crippen molar-refractivity contribution in [3.63, 3.8) is 0 Å². The lowest BCUT2D eigenvalue weighted by Crippen LogP contribution is -2.09. The Kier molecular flexibility index (Phi) is 5.22. The van der Waals surface area contributed by atoms with Crippen molar-refractivity contribution in [3.8, 4) is 22.8 Å². The topological polar surface area (TPSA) is 79.3 Å². The maximum absolute atomic E-state index is 9.75. The number of hydrogen-bond acceptors (Lipinski definition) is 6. The molecule has 134 valence electrons. The predicted molar refractivity (Wildman–Crippen MR) is 104 cm³/mol. The average Bonchev–Trinajstić information content (AvgIpc) is 2.68. The van der Waals surface area contributed by atoms with E-state index in [2.05, 4.69) is 39.7 Å². The highest BCUT2D eigenvalue weighted by Crippen LogP contribution is 2.31. The van der Waals surface area contributed by atoms with Gasteiger partial charge in [-0.25, -0.2) is 4.98 Å². The van der Waals surface area contributed by atoms with Crippen LogP contribution in [0.4, 0.5) is 11.5 Å². The van der Waals surface area contributed by atoms with Gasteiger partial charge in [0.25, 0.3) is 0 Å². The van der Waals surface area contributed by atoms with Crippen molar-refractivity contribution in [2.75, 3.05) is 24.8 Å². The Labute approximate surface area is 152 Å². The molecule has 0 saturated carbocycles. The molecule has 0 amide bonds. The maximum Gasteiger partial charge on any atom is 0.161 e. The van der Waals surface area contributed by atoms with E-state index >= 15 is 0 Å². The minimum Gasteiger partial charge on any atom is -0.504 e. The molecule has 0 aliphatic carbocycles. The molecule has 6 heteroatoms. The van der Waals surface area contributed by atoms with Crippen LogP contribution in [0.1, 0.15) is 18.5 Å². The number of hydrogen-bond donors (Lipinski definition) is 3. The van der Waals surface area contributed by atoms with Crippen LogP contribution in [-0.2, 0) is 0 Å². The molecule has 1 unspecified atom stereocenters. The minimum absolute atomic E-state index is 0.0715. The number of phenolic OH excluding ortho intramolecular Hbond substituents is 1. The SMILES string of the molecule is CNc1cccc(C(C)Nc2cncc(-c3ccc(O)c(OC)c3)n2)c1. The molecule has 3 N–H and O–H groups in total. The number of anilines is 2. The van der Waals surface area contributed by atoms with Crippen LogP contribution in [0.5, 0.6) is 11.5 Å². The van der Waals surface area contributed by atoms with E-state index in [1.54, 1.807) is 30.6 Å². The van der Waals surface area contributed by atoms with Crippen LogP contribution in [0, 0.1) is 0 Å². The zero-order valence-corrected chi connectivity index (χ0v) is 15.0. The third-order valence-corrected chi connectivity index (χ3v) is 4.15. The van der Waals surface area contributed by atoms with Gasteiger partial charge in [0.1, 0.15) is 5.82 Å². The van der Waals surface area contributed by atoms with E-state index in [-0.39, 0.29) is 11.8 Å². The second kappa shape index (κ2) is 7.74. The van der Waals surface area contributed by atoms with Gasteiger partial charge in [0.15, 0.2) is 11.5 Å². The Hall–Kier alpha value is -3.28. The van der Waals surface area contributed by atoms with Crippen molar-refractivity contribution < 1.29 is 9.84 Å². The summed E-state index contributed by atoms with van der Waals surface area (Å²) in [7, 11) is 3.42. The van der Waals surface area contributed by atoms with Gasteiger partial charge in [-0.3, -0.25) is 4.98 Å². The van der Waals surface area contributed by atoms with E-state index in [9.17, 15) is 5.11 Å². The lowest BCUT2D eigenvalue weighted by Gasteiger charge is -2.16. The summed E-state index contributed by atoms with van der Waals surface area (Å²) < 4.78 is 5.16. The summed E-state index contributed by atoms with van der Waals surface area (Å²) in [6.45, 7) is 2.08. The van der Waals surface area contributed by atoms with E-state index in [1.165, 1.54) is 7.11 Å². The number of aromatic hydroxyl groups is 1. The monoisotopic (exact) mass is 350 g/mol. The molecule has 0 spiro atoms. The Morgan fingerprint density at radius 1 is 1.12 bits per heavy atom. The molecule has 0 fully saturated rings. The summed E-state index contributed by atoms with van der Waals surface area (Å²) in [4.78, 5) is 8.91. The van der Waals surface area contributed by atoms with Gasteiger partial charge in [-0.2, -0.15) is 0 Å². The first-order valence-electron chi connectivity index (χ1n) is 8.34. The fraction of sp³-hybridized carbons (Fsp3) is 0.200. The van der Waals surface area contributed by atoms with E-state index in [0.29, 0.717) is 17.3 Å². The Morgan fingerprint density at radius 2 is 1.96 bits per heavy atom. The fourth-order valence-corrected chi connectivity index (χ4v) is 2.68. The maximum atomic E-state index is 9.75. The van der Waals surface area contributed by atoms with Crippen LogP contribution in [0.3, 0.4) is 0 Å². The number of benzene rings is 2. The van der Waals surface area contributed by atoms with Crippen molar-refractivity contribution in [1.82, 2.24) is 9.97 Å². The number of methoxy groups -OCH3 is 1. The molecule has 0 radical (unpaired) electrons. The number of nitrogens with zero attached hydrogens (tertiary/aromatic N) is 2. The van der Waals surface area contributed by atoms with E-state index in [4.69, 9.17) is 4.74 Å². The van der Waals surface area contributed by atoms with Crippen molar-refractivity contribution >= 4 is 11.5 Å². The van der Waals surface area contributed by atoms with Gasteiger partial charge in [-0.05, 0) is 42.8 Å². The standard InChI is InChI=1S/C20H22N4O2/c1-13(14-5-4-6-16(9-14)21-2)23-20-12-22-11-17(24-20)15-7-8-18(25)19(10-15)26-3/h4-13,21,25H,1-3H3,(H,23,24). The molecule has 0 aliphatic rings. The first-order chi connectivity index (χ1) is 12.6. The number of rotatable bonds is 6. The molecule has 1 aromatic heterocycles. The smallest absolute Gasteiger partial charge is 0.161 e. The quantitative estimate of drug-likeness (QED) is 0.622. The van der Waals surface area contributed by atoms with Crippen molar-refractivity contribution in [2.24, 2.45) is 0 Å². The molecule has 6 nitrogen and oxygen atoms in total. The molecular weight excluding hydrogens is 328 g/mol. The van der Waals surface area contributed by atoms with Crippen molar-refractivity contribution in [3.05, 3.63) is 60.4 Å². The van der Waals surface area contributed by atoms with Crippen LogP contribution in [0.2, 0.25) is 0 Å². The summed E-state index contributed by atoms with van der Waals surface area (Å²) in [5.41, 5.74) is 3.73. The number of aromatic nitrogens is 2. The zero-order chi connectivity index (χ0) is 18.5. The van der Waals surface area contributed by atoms with Gasteiger partial charge in [0, 0.05) is 18.3 Å². The van der Waals surface area contributed by atoms with E-state index in [0.717, 1.165) is 16.8 Å². The molecule has 0 aliphatic heterocycles. The molecule has 1 heterocycles. The first-order valence-corrected chi connectivity index (χ1v) is 8.34. The van der Waals surface area contributed by atoms with Crippen LogP contribution < -0.4 is 15.4 Å². The molecule has 0 saturated heterocycles. The van der Waals surface area contributed by atoms with Gasteiger partial charge in [0.05, 0.1) is 31.2 Å². The normalized spacial score (nSPS) is 11.7. The Balaban J connectivity index is 1.83. The second-order valence-corrected chi connectivity index (χ2v) is 5.92. The molecule has 26 heavy (non-hydrogen) atoms. The third kappa shape index (κ3) is 3.85. The predicted octanol–water partition coefficient (Wildman–Crippen LogP) is 4.07.